The normalized spacial score (nSPS) is 30.0. The Morgan fingerprint density at radius 2 is 1.94 bits per heavy atom. The first-order valence-corrected chi connectivity index (χ1v) is 6.95. The minimum Gasteiger partial charge on any atom is -0.385 e. The van der Waals surface area contributed by atoms with Crippen molar-refractivity contribution in [3.63, 3.8) is 0 Å². The molecule has 1 aromatic carbocycles. The Morgan fingerprint density at radius 3 is 2.65 bits per heavy atom. The van der Waals surface area contributed by atoms with Crippen molar-refractivity contribution in [3.05, 3.63) is 33.8 Å². The van der Waals surface area contributed by atoms with E-state index in [1.54, 1.807) is 12.1 Å². The highest BCUT2D eigenvalue weighted by molar-refractivity contribution is 6.42. The van der Waals surface area contributed by atoms with Gasteiger partial charge in [0, 0.05) is 0 Å². The van der Waals surface area contributed by atoms with Crippen molar-refractivity contribution in [1.29, 1.82) is 0 Å². The Bertz CT molecular complexity index is 405. The number of hydrogen-bond acceptors (Lipinski definition) is 1. The van der Waals surface area contributed by atoms with Gasteiger partial charge in [0.05, 0.1) is 15.6 Å². The Kier molecular flexibility index (Phi) is 4.02. The summed E-state index contributed by atoms with van der Waals surface area (Å²) in [5.41, 5.74) is 0.180. The zero-order chi connectivity index (χ0) is 12.5. The Balaban J connectivity index is 2.27. The van der Waals surface area contributed by atoms with Crippen molar-refractivity contribution in [2.24, 2.45) is 5.92 Å². The molecule has 1 nitrogen and oxygen atoms in total. The molecule has 1 fully saturated rings. The van der Waals surface area contributed by atoms with E-state index in [1.807, 2.05) is 6.07 Å². The maximum Gasteiger partial charge on any atom is 0.0897 e. The maximum absolute atomic E-state index is 10.8. The van der Waals surface area contributed by atoms with Crippen LogP contribution in [0.5, 0.6) is 0 Å². The van der Waals surface area contributed by atoms with Crippen LogP contribution < -0.4 is 0 Å². The van der Waals surface area contributed by atoms with Gasteiger partial charge in [-0.1, -0.05) is 42.6 Å². The molecule has 0 spiro atoms. The lowest BCUT2D eigenvalue weighted by Crippen LogP contribution is -2.24. The molecule has 2 atom stereocenters. The molecule has 1 aliphatic carbocycles. The van der Waals surface area contributed by atoms with Crippen molar-refractivity contribution >= 4 is 23.2 Å². The number of hydrogen-bond donors (Lipinski definition) is 1. The summed E-state index contributed by atoms with van der Waals surface area (Å²) in [6.45, 7) is 2.25. The SMILES string of the molecule is CC1CCCC(O)(c2ccc(Cl)c(Cl)c2)CC1. The standard InChI is InChI=1S/C14H18Cl2O/c1-10-3-2-7-14(17,8-6-10)11-4-5-12(15)13(16)9-11/h4-5,9-10,17H,2-3,6-8H2,1H3. The van der Waals surface area contributed by atoms with Crippen LogP contribution in [0.1, 0.15) is 44.6 Å². The molecule has 0 radical (unpaired) electrons. The second kappa shape index (κ2) is 5.17. The van der Waals surface area contributed by atoms with Crippen molar-refractivity contribution < 1.29 is 5.11 Å². The molecule has 2 unspecified atom stereocenters. The van der Waals surface area contributed by atoms with E-state index in [4.69, 9.17) is 23.2 Å². The lowest BCUT2D eigenvalue weighted by atomic mass is 9.86. The fraction of sp³-hybridized carbons (Fsp3) is 0.571. The smallest absolute Gasteiger partial charge is 0.0897 e. The van der Waals surface area contributed by atoms with Gasteiger partial charge in [-0.25, -0.2) is 0 Å². The van der Waals surface area contributed by atoms with Gasteiger partial charge >= 0.3 is 0 Å². The first-order chi connectivity index (χ1) is 8.01. The molecule has 0 heterocycles. The van der Waals surface area contributed by atoms with Crippen LogP contribution in [0.4, 0.5) is 0 Å². The van der Waals surface area contributed by atoms with Crippen molar-refractivity contribution in [1.82, 2.24) is 0 Å². The van der Waals surface area contributed by atoms with Crippen LogP contribution in [0, 0.1) is 5.92 Å². The van der Waals surface area contributed by atoms with Crippen molar-refractivity contribution in [3.8, 4) is 0 Å². The van der Waals surface area contributed by atoms with Crippen LogP contribution in [-0.2, 0) is 5.60 Å². The zero-order valence-corrected chi connectivity index (χ0v) is 11.6. The third-order valence-corrected chi connectivity index (χ3v) is 4.53. The van der Waals surface area contributed by atoms with Crippen molar-refractivity contribution in [2.45, 2.75) is 44.6 Å². The summed E-state index contributed by atoms with van der Waals surface area (Å²) in [5, 5.41) is 11.8. The lowest BCUT2D eigenvalue weighted by molar-refractivity contribution is 0.0198. The third kappa shape index (κ3) is 2.96. The van der Waals surface area contributed by atoms with Gasteiger partial charge < -0.3 is 5.11 Å². The molecule has 17 heavy (non-hydrogen) atoms. The van der Waals surface area contributed by atoms with E-state index >= 15 is 0 Å². The number of benzene rings is 1. The molecular formula is C14H18Cl2O. The molecule has 1 saturated carbocycles. The Morgan fingerprint density at radius 1 is 1.18 bits per heavy atom. The van der Waals surface area contributed by atoms with E-state index < -0.39 is 5.60 Å². The van der Waals surface area contributed by atoms with Crippen LogP contribution in [0.2, 0.25) is 10.0 Å². The predicted molar refractivity (Wildman–Crippen MR) is 72.6 cm³/mol. The van der Waals surface area contributed by atoms with Gasteiger partial charge in [-0.2, -0.15) is 0 Å². The predicted octanol–water partition coefficient (Wildman–Crippen LogP) is 4.78. The van der Waals surface area contributed by atoms with E-state index in [1.165, 1.54) is 6.42 Å². The minimum absolute atomic E-state index is 0.523. The van der Waals surface area contributed by atoms with Crippen LogP contribution in [-0.4, -0.2) is 5.11 Å². The second-order valence-electron chi connectivity index (χ2n) is 5.20. The quantitative estimate of drug-likeness (QED) is 0.730. The highest BCUT2D eigenvalue weighted by Gasteiger charge is 2.31. The molecule has 1 N–H and O–H groups in total. The Hall–Kier alpha value is -0.240. The fourth-order valence-corrected chi connectivity index (χ4v) is 2.87. The highest BCUT2D eigenvalue weighted by atomic mass is 35.5. The molecule has 0 bridgehead atoms. The van der Waals surface area contributed by atoms with Crippen LogP contribution >= 0.6 is 23.2 Å². The molecule has 0 aliphatic heterocycles. The lowest BCUT2D eigenvalue weighted by Gasteiger charge is -2.27. The number of aliphatic hydroxyl groups is 1. The van der Waals surface area contributed by atoms with E-state index in [-0.39, 0.29) is 0 Å². The van der Waals surface area contributed by atoms with Gasteiger partial charge in [0.1, 0.15) is 0 Å². The summed E-state index contributed by atoms with van der Waals surface area (Å²) >= 11 is 11.9. The summed E-state index contributed by atoms with van der Waals surface area (Å²) in [4.78, 5) is 0. The topological polar surface area (TPSA) is 20.2 Å². The number of rotatable bonds is 1. The average molecular weight is 273 g/mol. The van der Waals surface area contributed by atoms with Gasteiger partial charge in [0.15, 0.2) is 0 Å². The van der Waals surface area contributed by atoms with Crippen molar-refractivity contribution in [2.75, 3.05) is 0 Å². The Labute approximate surface area is 113 Å². The van der Waals surface area contributed by atoms with E-state index in [0.717, 1.165) is 31.2 Å². The molecule has 3 heteroatoms. The fourth-order valence-electron chi connectivity index (χ4n) is 2.57. The van der Waals surface area contributed by atoms with Gasteiger partial charge in [-0.3, -0.25) is 0 Å². The van der Waals surface area contributed by atoms with E-state index in [9.17, 15) is 5.11 Å². The summed E-state index contributed by atoms with van der Waals surface area (Å²) in [5.74, 6) is 0.701. The number of halogens is 2. The second-order valence-corrected chi connectivity index (χ2v) is 6.01. The molecule has 1 aliphatic rings. The molecule has 94 valence electrons. The third-order valence-electron chi connectivity index (χ3n) is 3.79. The van der Waals surface area contributed by atoms with E-state index in [0.29, 0.717) is 16.0 Å². The summed E-state index contributed by atoms with van der Waals surface area (Å²) < 4.78 is 0. The molecule has 0 aromatic heterocycles. The van der Waals surface area contributed by atoms with Crippen LogP contribution in [0.25, 0.3) is 0 Å². The summed E-state index contributed by atoms with van der Waals surface area (Å²) in [6.07, 6.45) is 4.96. The molecule has 2 rings (SSSR count). The van der Waals surface area contributed by atoms with Gasteiger partial charge in [0.25, 0.3) is 0 Å². The summed E-state index contributed by atoms with van der Waals surface area (Å²) in [6, 6.07) is 5.47. The molecule has 1 aromatic rings. The first kappa shape index (κ1) is 13.2. The summed E-state index contributed by atoms with van der Waals surface area (Å²) in [7, 11) is 0. The van der Waals surface area contributed by atoms with Gasteiger partial charge in [-0.05, 0) is 49.3 Å². The largest absolute Gasteiger partial charge is 0.385 e. The van der Waals surface area contributed by atoms with Gasteiger partial charge in [0.2, 0.25) is 0 Å². The van der Waals surface area contributed by atoms with Gasteiger partial charge in [-0.15, -0.1) is 0 Å². The molecule has 0 amide bonds. The maximum atomic E-state index is 10.8. The highest BCUT2D eigenvalue weighted by Crippen LogP contribution is 2.39. The molecule has 0 saturated heterocycles. The van der Waals surface area contributed by atoms with Crippen LogP contribution in [0.3, 0.4) is 0 Å². The monoisotopic (exact) mass is 272 g/mol. The van der Waals surface area contributed by atoms with Crippen LogP contribution in [0.15, 0.2) is 18.2 Å². The first-order valence-electron chi connectivity index (χ1n) is 6.19. The molecular weight excluding hydrogens is 255 g/mol. The minimum atomic E-state index is -0.723. The average Bonchev–Trinajstić information content (AvgIpc) is 2.46. The van der Waals surface area contributed by atoms with E-state index in [2.05, 4.69) is 6.92 Å². The zero-order valence-electron chi connectivity index (χ0n) is 10.0.